The van der Waals surface area contributed by atoms with Crippen LogP contribution in [0.1, 0.15) is 30.6 Å². The van der Waals surface area contributed by atoms with Gasteiger partial charge in [-0.05, 0) is 24.5 Å². The van der Waals surface area contributed by atoms with Gasteiger partial charge in [-0.3, -0.25) is 15.1 Å². The van der Waals surface area contributed by atoms with Crippen molar-refractivity contribution < 1.29 is 9.59 Å². The van der Waals surface area contributed by atoms with Crippen LogP contribution < -0.4 is 16.0 Å². The van der Waals surface area contributed by atoms with Crippen LogP contribution >= 0.6 is 11.3 Å². The van der Waals surface area contributed by atoms with Crippen LogP contribution in [0.25, 0.3) is 21.5 Å². The highest BCUT2D eigenvalue weighted by Gasteiger charge is 2.12. The van der Waals surface area contributed by atoms with Crippen LogP contribution in [-0.4, -0.2) is 40.0 Å². The van der Waals surface area contributed by atoms with Crippen molar-refractivity contribution in [2.75, 3.05) is 18.4 Å². The van der Waals surface area contributed by atoms with Gasteiger partial charge in [-0.2, -0.15) is 0 Å². The molecule has 3 N–H and O–H groups in total. The molecule has 8 nitrogen and oxygen atoms in total. The van der Waals surface area contributed by atoms with Crippen LogP contribution in [-0.2, 0) is 0 Å². The highest BCUT2D eigenvalue weighted by Crippen LogP contribution is 2.28. The normalized spacial score (nSPS) is 10.8. The summed E-state index contributed by atoms with van der Waals surface area (Å²) in [7, 11) is 0. The fraction of sp³-hybridized carbons (Fsp3) is 0.286. The third kappa shape index (κ3) is 5.60. The van der Waals surface area contributed by atoms with E-state index in [2.05, 4.69) is 51.3 Å². The molecule has 156 valence electrons. The second-order valence-electron chi connectivity index (χ2n) is 7.09. The lowest BCUT2D eigenvalue weighted by atomic mass is 10.1. The Kier molecular flexibility index (Phi) is 7.08. The number of carbonyl (C=O) groups excluding carboxylic acids is 2. The number of hydrogen-bond acceptors (Lipinski definition) is 6. The van der Waals surface area contributed by atoms with Gasteiger partial charge in [0.15, 0.2) is 5.13 Å². The topological polar surface area (TPSA) is 109 Å². The lowest BCUT2D eigenvalue weighted by Gasteiger charge is -2.08. The Morgan fingerprint density at radius 1 is 1.17 bits per heavy atom. The molecule has 3 heterocycles. The minimum atomic E-state index is -0.352. The summed E-state index contributed by atoms with van der Waals surface area (Å²) in [6, 6.07) is 3.30. The first-order valence-corrected chi connectivity index (χ1v) is 10.4. The predicted molar refractivity (Wildman–Crippen MR) is 120 cm³/mol. The Bertz CT molecular complexity index is 1060. The van der Waals surface area contributed by atoms with Crippen molar-refractivity contribution in [3.63, 3.8) is 0 Å². The van der Waals surface area contributed by atoms with Gasteiger partial charge in [-0.1, -0.05) is 31.3 Å². The molecule has 3 aromatic heterocycles. The number of aromatic nitrogens is 3. The molecule has 0 aliphatic carbocycles. The lowest BCUT2D eigenvalue weighted by Crippen LogP contribution is -2.28. The van der Waals surface area contributed by atoms with Crippen molar-refractivity contribution in [1.29, 1.82) is 0 Å². The third-order valence-corrected chi connectivity index (χ3v) is 5.11. The van der Waals surface area contributed by atoms with Gasteiger partial charge in [0.1, 0.15) is 10.3 Å². The van der Waals surface area contributed by atoms with E-state index in [0.29, 0.717) is 40.0 Å². The van der Waals surface area contributed by atoms with E-state index in [0.717, 1.165) is 17.5 Å². The van der Waals surface area contributed by atoms with Crippen molar-refractivity contribution in [3.05, 3.63) is 48.9 Å². The number of rotatable bonds is 8. The number of nitrogens with one attached hydrogen (secondary N) is 3. The first-order valence-electron chi connectivity index (χ1n) is 9.62. The SMILES string of the molecule is C=CCNC(=O)Nc1nc2cc(-c3cncc(C(=O)NCCC(C)C)c3)cnc2s1. The Morgan fingerprint density at radius 3 is 2.73 bits per heavy atom. The van der Waals surface area contributed by atoms with E-state index >= 15 is 0 Å². The summed E-state index contributed by atoms with van der Waals surface area (Å²) >= 11 is 1.28. The molecule has 3 aromatic rings. The number of nitrogens with zero attached hydrogens (tertiary/aromatic N) is 3. The van der Waals surface area contributed by atoms with Gasteiger partial charge in [0.05, 0.1) is 5.56 Å². The van der Waals surface area contributed by atoms with Crippen molar-refractivity contribution >= 4 is 38.8 Å². The molecule has 3 amide bonds. The second-order valence-corrected chi connectivity index (χ2v) is 8.07. The number of fused-ring (bicyclic) bond motifs is 1. The summed E-state index contributed by atoms with van der Waals surface area (Å²) in [5.41, 5.74) is 2.71. The first kappa shape index (κ1) is 21.4. The van der Waals surface area contributed by atoms with Crippen LogP contribution in [0, 0.1) is 5.92 Å². The van der Waals surface area contributed by atoms with E-state index in [9.17, 15) is 9.59 Å². The zero-order chi connectivity index (χ0) is 21.5. The fourth-order valence-electron chi connectivity index (χ4n) is 2.64. The zero-order valence-corrected chi connectivity index (χ0v) is 17.8. The molecule has 0 saturated heterocycles. The Balaban J connectivity index is 1.75. The summed E-state index contributed by atoms with van der Waals surface area (Å²) < 4.78 is 0. The van der Waals surface area contributed by atoms with Crippen LogP contribution in [0.3, 0.4) is 0 Å². The Labute approximate surface area is 178 Å². The van der Waals surface area contributed by atoms with Crippen LogP contribution in [0.4, 0.5) is 9.93 Å². The van der Waals surface area contributed by atoms with Gasteiger partial charge in [0.2, 0.25) is 0 Å². The van der Waals surface area contributed by atoms with E-state index in [-0.39, 0.29) is 11.9 Å². The van der Waals surface area contributed by atoms with Gasteiger partial charge in [-0.25, -0.2) is 14.8 Å². The van der Waals surface area contributed by atoms with E-state index < -0.39 is 0 Å². The number of urea groups is 1. The average molecular weight is 425 g/mol. The van der Waals surface area contributed by atoms with Crippen molar-refractivity contribution in [2.24, 2.45) is 5.92 Å². The third-order valence-electron chi connectivity index (χ3n) is 4.22. The highest BCUT2D eigenvalue weighted by atomic mass is 32.1. The summed E-state index contributed by atoms with van der Waals surface area (Å²) in [5, 5.41) is 8.68. The molecule has 0 unspecified atom stereocenters. The molecule has 9 heteroatoms. The molecule has 3 rings (SSSR count). The number of anilines is 1. The van der Waals surface area contributed by atoms with Crippen molar-refractivity contribution in [3.8, 4) is 11.1 Å². The summed E-state index contributed by atoms with van der Waals surface area (Å²) in [6.45, 7) is 8.78. The van der Waals surface area contributed by atoms with E-state index in [1.165, 1.54) is 11.3 Å². The monoisotopic (exact) mass is 424 g/mol. The minimum Gasteiger partial charge on any atom is -0.352 e. The number of amides is 3. The highest BCUT2D eigenvalue weighted by molar-refractivity contribution is 7.21. The molecule has 0 atom stereocenters. The molecule has 0 aliphatic heterocycles. The number of thiazole rings is 1. The molecule has 0 bridgehead atoms. The number of hydrogen-bond donors (Lipinski definition) is 3. The zero-order valence-electron chi connectivity index (χ0n) is 16.9. The quantitative estimate of drug-likeness (QED) is 0.476. The van der Waals surface area contributed by atoms with Gasteiger partial charge < -0.3 is 10.6 Å². The molecule has 0 fully saturated rings. The summed E-state index contributed by atoms with van der Waals surface area (Å²) in [4.78, 5) is 37.9. The molecule has 30 heavy (non-hydrogen) atoms. The fourth-order valence-corrected chi connectivity index (χ4v) is 3.42. The van der Waals surface area contributed by atoms with Crippen molar-refractivity contribution in [2.45, 2.75) is 20.3 Å². The maximum Gasteiger partial charge on any atom is 0.321 e. The van der Waals surface area contributed by atoms with Gasteiger partial charge in [-0.15, -0.1) is 6.58 Å². The first-order chi connectivity index (χ1) is 14.5. The Hall–Kier alpha value is -3.33. The van der Waals surface area contributed by atoms with Gasteiger partial charge >= 0.3 is 6.03 Å². The predicted octanol–water partition coefficient (Wildman–Crippen LogP) is 3.84. The number of pyridine rings is 2. The average Bonchev–Trinajstić information content (AvgIpc) is 3.13. The van der Waals surface area contributed by atoms with E-state index in [1.807, 2.05) is 6.07 Å². The van der Waals surface area contributed by atoms with Gasteiger partial charge in [0, 0.05) is 42.8 Å². The smallest absolute Gasteiger partial charge is 0.321 e. The molecular formula is C21H24N6O2S. The van der Waals surface area contributed by atoms with E-state index in [4.69, 9.17) is 0 Å². The second kappa shape index (κ2) is 9.93. The number of carbonyl (C=O) groups is 2. The molecular weight excluding hydrogens is 400 g/mol. The van der Waals surface area contributed by atoms with Gasteiger partial charge in [0.25, 0.3) is 5.91 Å². The van der Waals surface area contributed by atoms with E-state index in [1.54, 1.807) is 30.7 Å². The maximum atomic E-state index is 12.4. The van der Waals surface area contributed by atoms with Crippen LogP contribution in [0.5, 0.6) is 0 Å². The molecule has 0 saturated carbocycles. The van der Waals surface area contributed by atoms with Crippen LogP contribution in [0.2, 0.25) is 0 Å². The molecule has 0 aliphatic rings. The molecule has 0 aromatic carbocycles. The largest absolute Gasteiger partial charge is 0.352 e. The molecule has 0 spiro atoms. The van der Waals surface area contributed by atoms with Crippen molar-refractivity contribution in [1.82, 2.24) is 25.6 Å². The molecule has 0 radical (unpaired) electrons. The summed E-state index contributed by atoms with van der Waals surface area (Å²) in [6.07, 6.45) is 7.46. The lowest BCUT2D eigenvalue weighted by molar-refractivity contribution is 0.0951. The summed E-state index contributed by atoms with van der Waals surface area (Å²) in [5.74, 6) is 0.378. The maximum absolute atomic E-state index is 12.4. The standard InChI is InChI=1S/C21H24N6O2S/c1-4-6-24-20(29)27-21-26-17-9-15(12-25-19(17)30-21)14-8-16(11-22-10-14)18(28)23-7-5-13(2)3/h4,8-13H,1,5-7H2,2-3H3,(H,23,28)(H2,24,26,27,29). The van der Waals surface area contributed by atoms with Crippen LogP contribution in [0.15, 0.2) is 43.4 Å². The minimum absolute atomic E-state index is 0.148. The Morgan fingerprint density at radius 2 is 1.97 bits per heavy atom.